The fourth-order valence-electron chi connectivity index (χ4n) is 2.47. The molecule has 1 amide bonds. The topological polar surface area (TPSA) is 54.5 Å². The van der Waals surface area contributed by atoms with Gasteiger partial charge in [0.2, 0.25) is 0 Å². The van der Waals surface area contributed by atoms with Crippen LogP contribution in [0.4, 0.5) is 0 Å². The number of ether oxygens (including phenoxy) is 1. The Kier molecular flexibility index (Phi) is 4.65. The number of nitrogens with one attached hydrogen (secondary N) is 1. The quantitative estimate of drug-likeness (QED) is 0.944. The van der Waals surface area contributed by atoms with Gasteiger partial charge in [-0.1, -0.05) is 6.07 Å². The van der Waals surface area contributed by atoms with Crippen molar-refractivity contribution in [3.63, 3.8) is 0 Å². The summed E-state index contributed by atoms with van der Waals surface area (Å²) in [6.07, 6.45) is 4.34. The summed E-state index contributed by atoms with van der Waals surface area (Å²) in [5, 5.41) is 3.30. The van der Waals surface area contributed by atoms with Crippen molar-refractivity contribution in [3.05, 3.63) is 54.4 Å². The van der Waals surface area contributed by atoms with Crippen molar-refractivity contribution in [2.75, 3.05) is 26.2 Å². The maximum atomic E-state index is 12.6. The number of amides is 1. The van der Waals surface area contributed by atoms with Crippen LogP contribution >= 0.6 is 0 Å². The summed E-state index contributed by atoms with van der Waals surface area (Å²) in [5.74, 6) is 1.42. The molecule has 0 saturated carbocycles. The van der Waals surface area contributed by atoms with Crippen LogP contribution in [0.1, 0.15) is 16.8 Å². The molecule has 3 rings (SSSR count). The monoisotopic (exact) mass is 297 g/mol. The number of pyridine rings is 1. The lowest BCUT2D eigenvalue weighted by atomic mass is 10.2. The van der Waals surface area contributed by atoms with Gasteiger partial charge in [0, 0.05) is 37.6 Å². The Morgan fingerprint density at radius 3 is 2.82 bits per heavy atom. The van der Waals surface area contributed by atoms with E-state index in [1.807, 2.05) is 23.1 Å². The number of benzene rings is 1. The minimum absolute atomic E-state index is 0.0591. The molecule has 1 fully saturated rings. The van der Waals surface area contributed by atoms with Gasteiger partial charge in [-0.15, -0.1) is 0 Å². The zero-order valence-electron chi connectivity index (χ0n) is 12.4. The van der Waals surface area contributed by atoms with E-state index in [4.69, 9.17) is 4.74 Å². The van der Waals surface area contributed by atoms with Crippen LogP contribution in [0, 0.1) is 0 Å². The van der Waals surface area contributed by atoms with Gasteiger partial charge in [-0.3, -0.25) is 9.78 Å². The highest BCUT2D eigenvalue weighted by Gasteiger charge is 2.17. The van der Waals surface area contributed by atoms with Gasteiger partial charge in [0.25, 0.3) is 5.91 Å². The smallest absolute Gasteiger partial charge is 0.254 e. The SMILES string of the molecule is O=C(c1cccc(Oc2ccncc2)c1)N1CCCNCC1. The van der Waals surface area contributed by atoms with Crippen LogP contribution < -0.4 is 10.1 Å². The summed E-state index contributed by atoms with van der Waals surface area (Å²) in [6.45, 7) is 3.35. The van der Waals surface area contributed by atoms with Crippen molar-refractivity contribution >= 4 is 5.91 Å². The second-order valence-electron chi connectivity index (χ2n) is 5.21. The second-order valence-corrected chi connectivity index (χ2v) is 5.21. The first-order valence-electron chi connectivity index (χ1n) is 7.51. The predicted octanol–water partition coefficient (Wildman–Crippen LogP) is 2.31. The molecule has 5 heteroatoms. The molecule has 0 unspecified atom stereocenters. The third kappa shape index (κ3) is 3.62. The molecule has 0 atom stereocenters. The highest BCUT2D eigenvalue weighted by atomic mass is 16.5. The average Bonchev–Trinajstić information content (AvgIpc) is 2.85. The van der Waals surface area contributed by atoms with E-state index >= 15 is 0 Å². The minimum Gasteiger partial charge on any atom is -0.457 e. The standard InChI is InChI=1S/C17H19N3O2/c21-17(20-11-2-7-18-10-12-20)14-3-1-4-16(13-14)22-15-5-8-19-9-6-15/h1,3-6,8-9,13,18H,2,7,10-12H2. The van der Waals surface area contributed by atoms with Gasteiger partial charge < -0.3 is 15.0 Å². The van der Waals surface area contributed by atoms with E-state index < -0.39 is 0 Å². The Balaban J connectivity index is 1.74. The van der Waals surface area contributed by atoms with E-state index in [0.29, 0.717) is 17.1 Å². The van der Waals surface area contributed by atoms with Crippen LogP contribution in [0.5, 0.6) is 11.5 Å². The fourth-order valence-corrected chi connectivity index (χ4v) is 2.47. The molecule has 1 N–H and O–H groups in total. The highest BCUT2D eigenvalue weighted by molar-refractivity contribution is 5.94. The molecule has 1 saturated heterocycles. The van der Waals surface area contributed by atoms with E-state index in [-0.39, 0.29) is 5.91 Å². The molecule has 5 nitrogen and oxygen atoms in total. The lowest BCUT2D eigenvalue weighted by molar-refractivity contribution is 0.0766. The molecule has 1 aromatic carbocycles. The molecule has 2 aromatic rings. The van der Waals surface area contributed by atoms with Crippen molar-refractivity contribution in [2.24, 2.45) is 0 Å². The summed E-state index contributed by atoms with van der Waals surface area (Å²) < 4.78 is 5.76. The van der Waals surface area contributed by atoms with Gasteiger partial charge in [-0.05, 0) is 43.3 Å². The average molecular weight is 297 g/mol. The summed E-state index contributed by atoms with van der Waals surface area (Å²) in [4.78, 5) is 18.4. The molecule has 0 bridgehead atoms. The van der Waals surface area contributed by atoms with Crippen molar-refractivity contribution in [1.82, 2.24) is 15.2 Å². The lowest BCUT2D eigenvalue weighted by Crippen LogP contribution is -2.34. The van der Waals surface area contributed by atoms with Crippen molar-refractivity contribution in [3.8, 4) is 11.5 Å². The molecule has 1 aliphatic heterocycles. The van der Waals surface area contributed by atoms with Gasteiger partial charge >= 0.3 is 0 Å². The number of carbonyl (C=O) groups excluding carboxylic acids is 1. The maximum Gasteiger partial charge on any atom is 0.254 e. The summed E-state index contributed by atoms with van der Waals surface area (Å²) >= 11 is 0. The summed E-state index contributed by atoms with van der Waals surface area (Å²) in [5.41, 5.74) is 0.661. The van der Waals surface area contributed by atoms with Crippen LogP contribution in [-0.4, -0.2) is 42.0 Å². The van der Waals surface area contributed by atoms with Gasteiger partial charge in [0.05, 0.1) is 0 Å². The number of hydrogen-bond donors (Lipinski definition) is 1. The van der Waals surface area contributed by atoms with Crippen LogP contribution in [-0.2, 0) is 0 Å². The molecule has 0 radical (unpaired) electrons. The Morgan fingerprint density at radius 1 is 1.09 bits per heavy atom. The normalized spacial score (nSPS) is 15.2. The van der Waals surface area contributed by atoms with Gasteiger partial charge in [0.1, 0.15) is 11.5 Å². The van der Waals surface area contributed by atoms with Crippen LogP contribution in [0.25, 0.3) is 0 Å². The second kappa shape index (κ2) is 7.04. The van der Waals surface area contributed by atoms with Crippen molar-refractivity contribution in [1.29, 1.82) is 0 Å². The lowest BCUT2D eigenvalue weighted by Gasteiger charge is -2.20. The van der Waals surface area contributed by atoms with Crippen LogP contribution in [0.2, 0.25) is 0 Å². The van der Waals surface area contributed by atoms with Crippen LogP contribution in [0.15, 0.2) is 48.8 Å². The van der Waals surface area contributed by atoms with Crippen molar-refractivity contribution in [2.45, 2.75) is 6.42 Å². The number of hydrogen-bond acceptors (Lipinski definition) is 4. The van der Waals surface area contributed by atoms with E-state index in [1.165, 1.54) is 0 Å². The Hall–Kier alpha value is -2.40. The highest BCUT2D eigenvalue weighted by Crippen LogP contribution is 2.22. The molecule has 2 heterocycles. The number of nitrogens with zero attached hydrogens (tertiary/aromatic N) is 2. The molecule has 0 spiro atoms. The molecular formula is C17H19N3O2. The number of rotatable bonds is 3. The van der Waals surface area contributed by atoms with E-state index in [9.17, 15) is 4.79 Å². The fraction of sp³-hybridized carbons (Fsp3) is 0.294. The molecule has 0 aliphatic carbocycles. The largest absolute Gasteiger partial charge is 0.457 e. The summed E-state index contributed by atoms with van der Waals surface area (Å²) in [7, 11) is 0. The van der Waals surface area contributed by atoms with Gasteiger partial charge in [-0.2, -0.15) is 0 Å². The molecule has 114 valence electrons. The third-order valence-electron chi connectivity index (χ3n) is 3.59. The minimum atomic E-state index is 0.0591. The Labute approximate surface area is 129 Å². The molecule has 1 aromatic heterocycles. The first-order valence-corrected chi connectivity index (χ1v) is 7.51. The molecule has 1 aliphatic rings. The van der Waals surface area contributed by atoms with E-state index in [0.717, 1.165) is 32.6 Å². The van der Waals surface area contributed by atoms with Crippen molar-refractivity contribution < 1.29 is 9.53 Å². The van der Waals surface area contributed by atoms with E-state index in [2.05, 4.69) is 10.3 Å². The first kappa shape index (κ1) is 14.5. The van der Waals surface area contributed by atoms with Gasteiger partial charge in [0.15, 0.2) is 0 Å². The zero-order chi connectivity index (χ0) is 15.2. The summed E-state index contributed by atoms with van der Waals surface area (Å²) in [6, 6.07) is 10.9. The van der Waals surface area contributed by atoms with Crippen LogP contribution in [0.3, 0.4) is 0 Å². The van der Waals surface area contributed by atoms with Gasteiger partial charge in [-0.25, -0.2) is 0 Å². The Morgan fingerprint density at radius 2 is 1.95 bits per heavy atom. The number of aromatic nitrogens is 1. The third-order valence-corrected chi connectivity index (χ3v) is 3.59. The first-order chi connectivity index (χ1) is 10.8. The zero-order valence-corrected chi connectivity index (χ0v) is 12.4. The number of carbonyl (C=O) groups is 1. The maximum absolute atomic E-state index is 12.6. The predicted molar refractivity (Wildman–Crippen MR) is 84.1 cm³/mol. The van der Waals surface area contributed by atoms with E-state index in [1.54, 1.807) is 30.6 Å². The molecular weight excluding hydrogens is 278 g/mol. The Bertz CT molecular complexity index is 623. The molecule has 22 heavy (non-hydrogen) atoms.